The van der Waals surface area contributed by atoms with Gasteiger partial charge in [0.1, 0.15) is 6.61 Å². The van der Waals surface area contributed by atoms with E-state index in [1.165, 1.54) is 13.2 Å². The smallest absolute Gasteiger partial charge is 0.273 e. The van der Waals surface area contributed by atoms with Crippen molar-refractivity contribution in [3.63, 3.8) is 0 Å². The summed E-state index contributed by atoms with van der Waals surface area (Å²) in [6, 6.07) is 1.23. The third-order valence-corrected chi connectivity index (χ3v) is 2.40. The lowest BCUT2D eigenvalue weighted by molar-refractivity contribution is 0.0887. The highest BCUT2D eigenvalue weighted by Gasteiger charge is 2.18. The van der Waals surface area contributed by atoms with E-state index in [0.29, 0.717) is 5.76 Å². The van der Waals surface area contributed by atoms with Gasteiger partial charge in [0, 0.05) is 13.2 Å². The highest BCUT2D eigenvalue weighted by atomic mass is 16.5. The first-order valence-corrected chi connectivity index (χ1v) is 5.44. The summed E-state index contributed by atoms with van der Waals surface area (Å²) in [7, 11) is 1.53. The fourth-order valence-electron chi connectivity index (χ4n) is 1.30. The van der Waals surface area contributed by atoms with E-state index in [2.05, 4.69) is 10.5 Å². The molecule has 0 saturated carbocycles. The highest BCUT2D eigenvalue weighted by Crippen LogP contribution is 2.06. The molecule has 2 N–H and O–H groups in total. The van der Waals surface area contributed by atoms with Crippen molar-refractivity contribution in [1.29, 1.82) is 0 Å². The molecule has 0 aliphatic carbocycles. The van der Waals surface area contributed by atoms with E-state index >= 15 is 0 Å². The van der Waals surface area contributed by atoms with Gasteiger partial charge in [-0.25, -0.2) is 0 Å². The Bertz CT molecular complexity index is 362. The van der Waals surface area contributed by atoms with Gasteiger partial charge < -0.3 is 19.7 Å². The molecule has 0 fully saturated rings. The summed E-state index contributed by atoms with van der Waals surface area (Å²) in [5.74, 6) is 0.279. The molecule has 0 bridgehead atoms. The van der Waals surface area contributed by atoms with E-state index in [-0.39, 0.29) is 36.8 Å². The molecule has 0 aliphatic heterocycles. The van der Waals surface area contributed by atoms with Gasteiger partial charge in [0.05, 0.1) is 12.6 Å². The SMILES string of the molecule is COCc1cc(C(=O)NC(CO)C(C)C)no1. The maximum atomic E-state index is 11.8. The number of nitrogens with one attached hydrogen (secondary N) is 1. The second kappa shape index (κ2) is 6.36. The molecule has 0 saturated heterocycles. The molecule has 6 nitrogen and oxygen atoms in total. The Kier molecular flexibility index (Phi) is 5.11. The second-order valence-corrected chi connectivity index (χ2v) is 4.12. The van der Waals surface area contributed by atoms with Crippen LogP contribution >= 0.6 is 0 Å². The minimum atomic E-state index is -0.358. The number of carbonyl (C=O) groups is 1. The first-order valence-electron chi connectivity index (χ1n) is 5.44. The number of nitrogens with zero attached hydrogens (tertiary/aromatic N) is 1. The highest BCUT2D eigenvalue weighted by molar-refractivity contribution is 5.92. The number of aliphatic hydroxyl groups is 1. The Balaban J connectivity index is 2.62. The maximum absolute atomic E-state index is 11.8. The summed E-state index contributed by atoms with van der Waals surface area (Å²) < 4.78 is 9.76. The number of methoxy groups -OCH3 is 1. The summed E-state index contributed by atoms with van der Waals surface area (Å²) in [5, 5.41) is 15.4. The molecule has 1 aromatic rings. The standard InChI is InChI=1S/C11H18N2O4/c1-7(2)10(5-14)12-11(15)9-4-8(6-16-3)17-13-9/h4,7,10,14H,5-6H2,1-3H3,(H,12,15). The number of aliphatic hydroxyl groups excluding tert-OH is 1. The lowest BCUT2D eigenvalue weighted by Crippen LogP contribution is -2.41. The van der Waals surface area contributed by atoms with Gasteiger partial charge in [-0.3, -0.25) is 4.79 Å². The van der Waals surface area contributed by atoms with Crippen molar-refractivity contribution in [1.82, 2.24) is 10.5 Å². The topological polar surface area (TPSA) is 84.6 Å². The van der Waals surface area contributed by atoms with E-state index in [0.717, 1.165) is 0 Å². The van der Waals surface area contributed by atoms with Crippen molar-refractivity contribution < 1.29 is 19.2 Å². The van der Waals surface area contributed by atoms with Gasteiger partial charge in [-0.2, -0.15) is 0 Å². The molecule has 0 radical (unpaired) electrons. The molecular formula is C11H18N2O4. The maximum Gasteiger partial charge on any atom is 0.273 e. The molecule has 1 unspecified atom stereocenters. The van der Waals surface area contributed by atoms with Gasteiger partial charge in [0.25, 0.3) is 5.91 Å². The van der Waals surface area contributed by atoms with E-state index in [9.17, 15) is 4.79 Å². The van der Waals surface area contributed by atoms with Crippen LogP contribution < -0.4 is 5.32 Å². The van der Waals surface area contributed by atoms with Crippen LogP contribution in [0.3, 0.4) is 0 Å². The summed E-state index contributed by atoms with van der Waals surface area (Å²) in [5.41, 5.74) is 0.191. The molecule has 17 heavy (non-hydrogen) atoms. The van der Waals surface area contributed by atoms with Crippen molar-refractivity contribution in [3.8, 4) is 0 Å². The number of carbonyl (C=O) groups excluding carboxylic acids is 1. The fraction of sp³-hybridized carbons (Fsp3) is 0.636. The normalized spacial score (nSPS) is 12.8. The molecule has 96 valence electrons. The number of amides is 1. The molecule has 1 amide bonds. The minimum absolute atomic E-state index is 0.105. The van der Waals surface area contributed by atoms with Gasteiger partial charge in [0.2, 0.25) is 0 Å². The number of rotatable bonds is 6. The zero-order valence-electron chi connectivity index (χ0n) is 10.3. The van der Waals surface area contributed by atoms with Crippen LogP contribution in [0.25, 0.3) is 0 Å². The Hall–Kier alpha value is -1.40. The summed E-state index contributed by atoms with van der Waals surface area (Å²) >= 11 is 0. The number of ether oxygens (including phenoxy) is 1. The van der Waals surface area contributed by atoms with Crippen molar-refractivity contribution in [3.05, 3.63) is 17.5 Å². The third kappa shape index (κ3) is 3.83. The molecule has 0 spiro atoms. The molecule has 1 heterocycles. The van der Waals surface area contributed by atoms with Crippen molar-refractivity contribution in [2.24, 2.45) is 5.92 Å². The van der Waals surface area contributed by atoms with Gasteiger partial charge in [-0.05, 0) is 5.92 Å². The number of hydrogen-bond donors (Lipinski definition) is 2. The average molecular weight is 242 g/mol. The Morgan fingerprint density at radius 1 is 1.65 bits per heavy atom. The molecule has 1 aromatic heterocycles. The van der Waals surface area contributed by atoms with Gasteiger partial charge in [-0.15, -0.1) is 0 Å². The number of aromatic nitrogens is 1. The van der Waals surface area contributed by atoms with Crippen molar-refractivity contribution >= 4 is 5.91 Å². The Labute approximate surface area is 99.9 Å². The molecular weight excluding hydrogens is 224 g/mol. The molecule has 1 rings (SSSR count). The lowest BCUT2D eigenvalue weighted by atomic mass is 10.1. The second-order valence-electron chi connectivity index (χ2n) is 4.12. The Morgan fingerprint density at radius 2 is 2.35 bits per heavy atom. The lowest BCUT2D eigenvalue weighted by Gasteiger charge is -2.18. The van der Waals surface area contributed by atoms with Crippen LogP contribution in [0.1, 0.15) is 30.1 Å². The summed E-state index contributed by atoms with van der Waals surface area (Å²) in [6.07, 6.45) is 0. The van der Waals surface area contributed by atoms with Crippen LogP contribution in [0.15, 0.2) is 10.6 Å². The van der Waals surface area contributed by atoms with Crippen LogP contribution in [-0.2, 0) is 11.3 Å². The van der Waals surface area contributed by atoms with E-state index in [1.807, 2.05) is 13.8 Å². The molecule has 1 atom stereocenters. The van der Waals surface area contributed by atoms with Crippen molar-refractivity contribution in [2.75, 3.05) is 13.7 Å². The third-order valence-electron chi connectivity index (χ3n) is 2.40. The molecule has 0 aromatic carbocycles. The quantitative estimate of drug-likeness (QED) is 0.761. The summed E-state index contributed by atoms with van der Waals surface area (Å²) in [6.45, 7) is 4.00. The minimum Gasteiger partial charge on any atom is -0.394 e. The monoisotopic (exact) mass is 242 g/mol. The van der Waals surface area contributed by atoms with Crippen LogP contribution in [0.4, 0.5) is 0 Å². The van der Waals surface area contributed by atoms with Crippen LogP contribution in [0, 0.1) is 5.92 Å². The fourth-order valence-corrected chi connectivity index (χ4v) is 1.30. The van der Waals surface area contributed by atoms with Crippen LogP contribution in [0.2, 0.25) is 0 Å². The summed E-state index contributed by atoms with van der Waals surface area (Å²) in [4.78, 5) is 11.8. The first kappa shape index (κ1) is 13.7. The van der Waals surface area contributed by atoms with E-state index in [1.54, 1.807) is 0 Å². The first-order chi connectivity index (χ1) is 8.08. The number of hydrogen-bond acceptors (Lipinski definition) is 5. The zero-order chi connectivity index (χ0) is 12.8. The van der Waals surface area contributed by atoms with Gasteiger partial charge in [-0.1, -0.05) is 19.0 Å². The van der Waals surface area contributed by atoms with Gasteiger partial charge >= 0.3 is 0 Å². The van der Waals surface area contributed by atoms with Crippen LogP contribution in [0.5, 0.6) is 0 Å². The van der Waals surface area contributed by atoms with Crippen LogP contribution in [-0.4, -0.2) is 35.9 Å². The predicted molar refractivity (Wildman–Crippen MR) is 60.4 cm³/mol. The molecule has 6 heteroatoms. The zero-order valence-corrected chi connectivity index (χ0v) is 10.3. The molecule has 0 aliphatic rings. The van der Waals surface area contributed by atoms with E-state index < -0.39 is 0 Å². The Morgan fingerprint density at radius 3 is 2.88 bits per heavy atom. The predicted octanol–water partition coefficient (Wildman–Crippen LogP) is 0.568. The average Bonchev–Trinajstić information content (AvgIpc) is 2.74. The van der Waals surface area contributed by atoms with E-state index in [4.69, 9.17) is 14.4 Å². The largest absolute Gasteiger partial charge is 0.394 e. The van der Waals surface area contributed by atoms with Gasteiger partial charge in [0.15, 0.2) is 11.5 Å². The van der Waals surface area contributed by atoms with Crippen molar-refractivity contribution in [2.45, 2.75) is 26.5 Å².